The summed E-state index contributed by atoms with van der Waals surface area (Å²) in [4.78, 5) is 0. The van der Waals surface area contributed by atoms with E-state index in [1.54, 1.807) is 0 Å². The molecule has 0 unspecified atom stereocenters. The smallest absolute Gasteiger partial charge is 0.134 e. The number of halogens is 1. The molecular formula is C34H35F. The largest absolute Gasteiger partial charge is 0.206 e. The first-order valence-corrected chi connectivity index (χ1v) is 13.1. The van der Waals surface area contributed by atoms with Gasteiger partial charge in [-0.1, -0.05) is 99.5 Å². The summed E-state index contributed by atoms with van der Waals surface area (Å²) in [6.45, 7) is 4.38. The molecule has 178 valence electrons. The van der Waals surface area contributed by atoms with Crippen LogP contribution in [0.2, 0.25) is 0 Å². The molecular weight excluding hydrogens is 427 g/mol. The minimum atomic E-state index is -0.0737. The molecule has 0 atom stereocenters. The molecule has 0 bridgehead atoms. The third-order valence-electron chi connectivity index (χ3n) is 6.77. The molecule has 0 saturated carbocycles. The molecule has 4 aromatic carbocycles. The van der Waals surface area contributed by atoms with E-state index in [-0.39, 0.29) is 5.82 Å². The summed E-state index contributed by atoms with van der Waals surface area (Å²) in [5, 5.41) is 1.60. The quantitative estimate of drug-likeness (QED) is 0.172. The molecule has 4 aromatic rings. The number of benzene rings is 4. The van der Waals surface area contributed by atoms with Crippen LogP contribution in [0, 0.1) is 17.7 Å². The Morgan fingerprint density at radius 1 is 0.600 bits per heavy atom. The van der Waals surface area contributed by atoms with Gasteiger partial charge in [0.25, 0.3) is 0 Å². The molecule has 35 heavy (non-hydrogen) atoms. The topological polar surface area (TPSA) is 0 Å². The van der Waals surface area contributed by atoms with Crippen molar-refractivity contribution in [2.75, 3.05) is 0 Å². The van der Waals surface area contributed by atoms with Gasteiger partial charge in [-0.2, -0.15) is 0 Å². The van der Waals surface area contributed by atoms with Crippen molar-refractivity contribution < 1.29 is 4.39 Å². The SMILES string of the molecule is CCCCCCc1ccc2cc(C#Cc3ccc(CCc4ccc(CC)cc4)cc3)ccc2c1F. The Labute approximate surface area is 210 Å². The maximum atomic E-state index is 15.0. The van der Waals surface area contributed by atoms with E-state index in [9.17, 15) is 4.39 Å². The first-order valence-electron chi connectivity index (χ1n) is 13.1. The van der Waals surface area contributed by atoms with Crippen LogP contribution in [0.5, 0.6) is 0 Å². The number of fused-ring (bicyclic) bond motifs is 1. The fourth-order valence-corrected chi connectivity index (χ4v) is 4.48. The van der Waals surface area contributed by atoms with Crippen LogP contribution >= 0.6 is 0 Å². The van der Waals surface area contributed by atoms with E-state index in [1.807, 2.05) is 30.3 Å². The average Bonchev–Trinajstić information content (AvgIpc) is 2.90. The van der Waals surface area contributed by atoms with Gasteiger partial charge in [0.2, 0.25) is 0 Å². The third kappa shape index (κ3) is 6.83. The Morgan fingerprint density at radius 2 is 1.23 bits per heavy atom. The number of hydrogen-bond acceptors (Lipinski definition) is 0. The zero-order chi connectivity index (χ0) is 24.5. The molecule has 1 heteroatoms. The standard InChI is InChI=1S/C34H35F/c1-3-5-6-7-8-31-22-23-32-25-30(21-24-33(32)34(31)35)20-19-29-17-15-28(16-18-29)14-13-27-11-9-26(4-2)10-12-27/h9-12,15-18,21-25H,3-8,13-14H2,1-2H3. The van der Waals surface area contributed by atoms with Crippen molar-refractivity contribution >= 4 is 10.8 Å². The van der Waals surface area contributed by atoms with Crippen molar-refractivity contribution in [3.63, 3.8) is 0 Å². The van der Waals surface area contributed by atoms with Gasteiger partial charge in [0.05, 0.1) is 0 Å². The van der Waals surface area contributed by atoms with Crippen molar-refractivity contribution in [2.24, 2.45) is 0 Å². The van der Waals surface area contributed by atoms with Gasteiger partial charge in [-0.05, 0) is 84.0 Å². The fourth-order valence-electron chi connectivity index (χ4n) is 4.48. The van der Waals surface area contributed by atoms with Crippen molar-refractivity contribution in [3.8, 4) is 11.8 Å². The van der Waals surface area contributed by atoms with Gasteiger partial charge in [-0.15, -0.1) is 0 Å². The van der Waals surface area contributed by atoms with Gasteiger partial charge in [0.15, 0.2) is 0 Å². The lowest BCUT2D eigenvalue weighted by Gasteiger charge is -2.07. The second-order valence-corrected chi connectivity index (χ2v) is 9.40. The van der Waals surface area contributed by atoms with Crippen LogP contribution in [0.25, 0.3) is 10.8 Å². The van der Waals surface area contributed by atoms with Gasteiger partial charge in [-0.25, -0.2) is 4.39 Å². The van der Waals surface area contributed by atoms with E-state index in [1.165, 1.54) is 29.5 Å². The normalized spacial score (nSPS) is 10.8. The Morgan fingerprint density at radius 3 is 1.91 bits per heavy atom. The van der Waals surface area contributed by atoms with E-state index >= 15 is 0 Å². The Hall–Kier alpha value is -3.37. The summed E-state index contributed by atoms with van der Waals surface area (Å²) in [5.74, 6) is 6.44. The summed E-state index contributed by atoms with van der Waals surface area (Å²) >= 11 is 0. The van der Waals surface area contributed by atoms with Crippen molar-refractivity contribution in [1.82, 2.24) is 0 Å². The van der Waals surface area contributed by atoms with Gasteiger partial charge >= 0.3 is 0 Å². The second-order valence-electron chi connectivity index (χ2n) is 9.40. The van der Waals surface area contributed by atoms with Gasteiger partial charge in [0, 0.05) is 16.5 Å². The second kappa shape index (κ2) is 12.4. The number of rotatable bonds is 9. The lowest BCUT2D eigenvalue weighted by Crippen LogP contribution is -1.93. The minimum absolute atomic E-state index is 0.0737. The Bertz CT molecular complexity index is 1300. The zero-order valence-corrected chi connectivity index (χ0v) is 21.0. The molecule has 0 nitrogen and oxygen atoms in total. The summed E-state index contributed by atoms with van der Waals surface area (Å²) < 4.78 is 15.0. The maximum Gasteiger partial charge on any atom is 0.134 e. The highest BCUT2D eigenvalue weighted by molar-refractivity contribution is 5.85. The van der Waals surface area contributed by atoms with E-state index in [0.717, 1.165) is 60.6 Å². The van der Waals surface area contributed by atoms with Gasteiger partial charge in [0.1, 0.15) is 5.82 Å². The molecule has 0 aliphatic carbocycles. The highest BCUT2D eigenvalue weighted by Gasteiger charge is 2.07. The van der Waals surface area contributed by atoms with Gasteiger partial charge < -0.3 is 0 Å². The van der Waals surface area contributed by atoms with E-state index in [0.29, 0.717) is 5.39 Å². The Kier molecular flexibility index (Phi) is 8.74. The predicted octanol–water partition coefficient (Wildman–Crippen LogP) is 8.85. The molecule has 0 heterocycles. The molecule has 0 radical (unpaired) electrons. The monoisotopic (exact) mass is 462 g/mol. The Balaban J connectivity index is 1.38. The van der Waals surface area contributed by atoms with Crippen LogP contribution in [0.3, 0.4) is 0 Å². The highest BCUT2D eigenvalue weighted by Crippen LogP contribution is 2.24. The van der Waals surface area contributed by atoms with E-state index in [4.69, 9.17) is 0 Å². The van der Waals surface area contributed by atoms with Crippen molar-refractivity contribution in [1.29, 1.82) is 0 Å². The van der Waals surface area contributed by atoms with Crippen LogP contribution in [0.4, 0.5) is 4.39 Å². The number of aryl methyl sites for hydroxylation is 4. The molecule has 0 fully saturated rings. The molecule has 4 rings (SSSR count). The van der Waals surface area contributed by atoms with E-state index in [2.05, 4.69) is 74.2 Å². The minimum Gasteiger partial charge on any atom is -0.206 e. The molecule has 0 aliphatic heterocycles. The number of hydrogen-bond donors (Lipinski definition) is 0. The summed E-state index contributed by atoms with van der Waals surface area (Å²) in [5.41, 5.74) is 6.81. The highest BCUT2D eigenvalue weighted by atomic mass is 19.1. The average molecular weight is 463 g/mol. The molecule has 0 amide bonds. The van der Waals surface area contributed by atoms with Crippen LogP contribution in [0.15, 0.2) is 78.9 Å². The fraction of sp³-hybridized carbons (Fsp3) is 0.294. The molecule has 0 aromatic heterocycles. The zero-order valence-electron chi connectivity index (χ0n) is 21.0. The first-order chi connectivity index (χ1) is 17.2. The summed E-state index contributed by atoms with van der Waals surface area (Å²) in [6, 6.07) is 27.2. The lowest BCUT2D eigenvalue weighted by atomic mass is 9.99. The van der Waals surface area contributed by atoms with Crippen LogP contribution in [0.1, 0.15) is 72.9 Å². The summed E-state index contributed by atoms with van der Waals surface area (Å²) in [7, 11) is 0. The lowest BCUT2D eigenvalue weighted by molar-refractivity contribution is 0.603. The molecule has 0 N–H and O–H groups in total. The maximum absolute atomic E-state index is 15.0. The predicted molar refractivity (Wildman–Crippen MR) is 147 cm³/mol. The van der Waals surface area contributed by atoms with Gasteiger partial charge in [-0.3, -0.25) is 0 Å². The van der Waals surface area contributed by atoms with Crippen molar-refractivity contribution in [3.05, 3.63) is 118 Å². The van der Waals surface area contributed by atoms with E-state index < -0.39 is 0 Å². The number of unbranched alkanes of at least 4 members (excludes halogenated alkanes) is 3. The summed E-state index contributed by atoms with van der Waals surface area (Å²) in [6.07, 6.45) is 8.58. The molecule has 0 aliphatic rings. The van der Waals surface area contributed by atoms with Crippen molar-refractivity contribution in [2.45, 2.75) is 65.2 Å². The van der Waals surface area contributed by atoms with Crippen LogP contribution < -0.4 is 0 Å². The molecule has 0 saturated heterocycles. The first kappa shape index (κ1) is 24.7. The van der Waals surface area contributed by atoms with Crippen LogP contribution in [-0.4, -0.2) is 0 Å². The van der Waals surface area contributed by atoms with Crippen LogP contribution in [-0.2, 0) is 25.7 Å². The third-order valence-corrected chi connectivity index (χ3v) is 6.77. The molecule has 0 spiro atoms.